The molecule has 0 radical (unpaired) electrons. The first-order valence-electron chi connectivity index (χ1n) is 8.77. The van der Waals surface area contributed by atoms with Crippen LogP contribution in [0.25, 0.3) is 10.2 Å². The fraction of sp³-hybridized carbons (Fsp3) is 0.158. The fourth-order valence-corrected chi connectivity index (χ4v) is 5.30. The van der Waals surface area contributed by atoms with Gasteiger partial charge in [-0.25, -0.2) is 9.37 Å². The minimum absolute atomic E-state index is 0.0357. The molecule has 2 aromatic heterocycles. The van der Waals surface area contributed by atoms with Gasteiger partial charge in [-0.2, -0.15) is 0 Å². The summed E-state index contributed by atoms with van der Waals surface area (Å²) >= 11 is 4.15. The Bertz CT molecular complexity index is 1110. The van der Waals surface area contributed by atoms with Gasteiger partial charge in [0.25, 0.3) is 0 Å². The summed E-state index contributed by atoms with van der Waals surface area (Å²) in [7, 11) is 0. The van der Waals surface area contributed by atoms with Crippen LogP contribution in [0.15, 0.2) is 52.9 Å². The SMILES string of the molecule is CCN(C(=O)CSc1nnc(Nc2cccc(F)c2)s1)c1nc2ccccc2s1. The van der Waals surface area contributed by atoms with E-state index >= 15 is 0 Å². The zero-order valence-electron chi connectivity index (χ0n) is 15.3. The van der Waals surface area contributed by atoms with Crippen LogP contribution in [-0.4, -0.2) is 33.4 Å². The van der Waals surface area contributed by atoms with E-state index in [0.29, 0.717) is 26.8 Å². The van der Waals surface area contributed by atoms with Crippen LogP contribution in [0.2, 0.25) is 0 Å². The number of para-hydroxylation sites is 1. The Balaban J connectivity index is 1.39. The highest BCUT2D eigenvalue weighted by Crippen LogP contribution is 2.31. The van der Waals surface area contributed by atoms with Crippen LogP contribution in [0.4, 0.5) is 20.3 Å². The van der Waals surface area contributed by atoms with Crippen molar-refractivity contribution >= 4 is 66.5 Å². The molecule has 0 spiro atoms. The molecule has 0 aliphatic carbocycles. The summed E-state index contributed by atoms with van der Waals surface area (Å²) in [5.74, 6) is -0.126. The third-order valence-corrected chi connectivity index (χ3v) is 6.95. The van der Waals surface area contributed by atoms with Crippen LogP contribution < -0.4 is 10.2 Å². The molecule has 4 aromatic rings. The van der Waals surface area contributed by atoms with Gasteiger partial charge in [-0.05, 0) is 37.3 Å². The normalized spacial score (nSPS) is 11.0. The molecule has 6 nitrogen and oxygen atoms in total. The number of amides is 1. The molecule has 0 aliphatic rings. The van der Waals surface area contributed by atoms with Gasteiger partial charge in [0, 0.05) is 12.2 Å². The summed E-state index contributed by atoms with van der Waals surface area (Å²) in [4.78, 5) is 19.0. The third-order valence-electron chi connectivity index (χ3n) is 3.93. The highest BCUT2D eigenvalue weighted by molar-refractivity contribution is 8.01. The lowest BCUT2D eigenvalue weighted by Gasteiger charge is -2.16. The van der Waals surface area contributed by atoms with Gasteiger partial charge < -0.3 is 5.32 Å². The molecular formula is C19H16FN5OS3. The van der Waals surface area contributed by atoms with Crippen molar-refractivity contribution < 1.29 is 9.18 Å². The molecule has 4 rings (SSSR count). The number of anilines is 3. The predicted octanol–water partition coefficient (Wildman–Crippen LogP) is 5.18. The van der Waals surface area contributed by atoms with Crippen molar-refractivity contribution in [2.45, 2.75) is 11.3 Å². The number of nitrogens with zero attached hydrogens (tertiary/aromatic N) is 4. The molecule has 0 saturated heterocycles. The monoisotopic (exact) mass is 445 g/mol. The Morgan fingerprint density at radius 3 is 2.83 bits per heavy atom. The van der Waals surface area contributed by atoms with Gasteiger partial charge in [0.1, 0.15) is 5.82 Å². The predicted molar refractivity (Wildman–Crippen MR) is 118 cm³/mol. The number of carbonyl (C=O) groups excluding carboxylic acids is 1. The lowest BCUT2D eigenvalue weighted by atomic mass is 10.3. The van der Waals surface area contributed by atoms with Gasteiger partial charge in [0.2, 0.25) is 11.0 Å². The van der Waals surface area contributed by atoms with Gasteiger partial charge in [-0.3, -0.25) is 9.69 Å². The maximum atomic E-state index is 13.3. The lowest BCUT2D eigenvalue weighted by molar-refractivity contribution is -0.116. The molecule has 2 aromatic carbocycles. The van der Waals surface area contributed by atoms with Crippen molar-refractivity contribution in [1.82, 2.24) is 15.2 Å². The molecule has 2 heterocycles. The summed E-state index contributed by atoms with van der Waals surface area (Å²) in [6.45, 7) is 2.47. The second-order valence-corrected chi connectivity index (χ2v) is 9.11. The summed E-state index contributed by atoms with van der Waals surface area (Å²) in [5.41, 5.74) is 1.49. The Kier molecular flexibility index (Phi) is 6.02. The number of rotatable bonds is 7. The summed E-state index contributed by atoms with van der Waals surface area (Å²) in [6.07, 6.45) is 0. The molecule has 0 bridgehead atoms. The number of carbonyl (C=O) groups is 1. The van der Waals surface area contributed by atoms with E-state index < -0.39 is 0 Å². The van der Waals surface area contributed by atoms with Gasteiger partial charge in [0.15, 0.2) is 9.47 Å². The zero-order chi connectivity index (χ0) is 20.2. The van der Waals surface area contributed by atoms with E-state index in [1.807, 2.05) is 31.2 Å². The minimum atomic E-state index is -0.325. The van der Waals surface area contributed by atoms with E-state index in [2.05, 4.69) is 20.5 Å². The summed E-state index contributed by atoms with van der Waals surface area (Å²) < 4.78 is 15.0. The van der Waals surface area contributed by atoms with E-state index in [-0.39, 0.29) is 17.5 Å². The van der Waals surface area contributed by atoms with E-state index in [4.69, 9.17) is 0 Å². The topological polar surface area (TPSA) is 71.0 Å². The van der Waals surface area contributed by atoms with Gasteiger partial charge in [0.05, 0.1) is 16.0 Å². The van der Waals surface area contributed by atoms with Gasteiger partial charge >= 0.3 is 0 Å². The lowest BCUT2D eigenvalue weighted by Crippen LogP contribution is -2.31. The maximum absolute atomic E-state index is 13.3. The first-order chi connectivity index (χ1) is 14.1. The number of hydrogen-bond acceptors (Lipinski definition) is 8. The van der Waals surface area contributed by atoms with Crippen molar-refractivity contribution in [3.63, 3.8) is 0 Å². The number of halogens is 1. The van der Waals surface area contributed by atoms with Crippen molar-refractivity contribution in [1.29, 1.82) is 0 Å². The largest absolute Gasteiger partial charge is 0.330 e. The first-order valence-corrected chi connectivity index (χ1v) is 11.4. The number of thioether (sulfide) groups is 1. The van der Waals surface area contributed by atoms with Crippen LogP contribution in [0.1, 0.15) is 6.92 Å². The maximum Gasteiger partial charge on any atom is 0.239 e. The quantitative estimate of drug-likeness (QED) is 0.396. The molecule has 0 saturated carbocycles. The van der Waals surface area contributed by atoms with Gasteiger partial charge in [-0.15, -0.1) is 10.2 Å². The number of nitrogens with one attached hydrogen (secondary N) is 1. The Labute approximate surface area is 178 Å². The Morgan fingerprint density at radius 1 is 1.17 bits per heavy atom. The van der Waals surface area contributed by atoms with Crippen molar-refractivity contribution in [2.75, 3.05) is 22.5 Å². The molecular weight excluding hydrogens is 429 g/mol. The average Bonchev–Trinajstić information content (AvgIpc) is 3.33. The van der Waals surface area contributed by atoms with E-state index in [1.165, 1.54) is 46.6 Å². The highest BCUT2D eigenvalue weighted by atomic mass is 32.2. The molecule has 0 unspecified atom stereocenters. The number of hydrogen-bond donors (Lipinski definition) is 1. The third kappa shape index (κ3) is 4.72. The zero-order valence-corrected chi connectivity index (χ0v) is 17.8. The molecule has 10 heteroatoms. The second kappa shape index (κ2) is 8.85. The number of fused-ring (bicyclic) bond motifs is 1. The van der Waals surface area contributed by atoms with Crippen molar-refractivity contribution in [3.05, 3.63) is 54.3 Å². The molecule has 1 amide bonds. The summed E-state index contributed by atoms with van der Waals surface area (Å²) in [5, 5.41) is 12.4. The minimum Gasteiger partial charge on any atom is -0.330 e. The summed E-state index contributed by atoms with van der Waals surface area (Å²) in [6, 6.07) is 14.0. The Hall–Kier alpha value is -2.56. The van der Waals surface area contributed by atoms with Crippen LogP contribution in [0, 0.1) is 5.82 Å². The fourth-order valence-electron chi connectivity index (χ4n) is 2.60. The van der Waals surface area contributed by atoms with E-state index in [9.17, 15) is 9.18 Å². The van der Waals surface area contributed by atoms with Crippen LogP contribution >= 0.6 is 34.4 Å². The second-order valence-electron chi connectivity index (χ2n) is 5.90. The molecule has 0 aliphatic heterocycles. The average molecular weight is 446 g/mol. The van der Waals surface area contributed by atoms with Crippen LogP contribution in [0.5, 0.6) is 0 Å². The van der Waals surface area contributed by atoms with Crippen molar-refractivity contribution in [2.24, 2.45) is 0 Å². The standard InChI is InChI=1S/C19H16FN5OS3/c1-2-25(18-22-14-8-3-4-9-15(14)28-18)16(26)11-27-19-24-23-17(29-19)21-13-7-5-6-12(20)10-13/h3-10H,2,11H2,1H3,(H,21,23). The first kappa shape index (κ1) is 19.7. The van der Waals surface area contributed by atoms with Crippen LogP contribution in [-0.2, 0) is 4.79 Å². The number of aromatic nitrogens is 3. The highest BCUT2D eigenvalue weighted by Gasteiger charge is 2.19. The van der Waals surface area contributed by atoms with Gasteiger partial charge in [-0.1, -0.05) is 52.6 Å². The van der Waals surface area contributed by atoms with E-state index in [1.54, 1.807) is 17.0 Å². The number of benzene rings is 2. The molecule has 148 valence electrons. The van der Waals surface area contributed by atoms with E-state index in [0.717, 1.165) is 10.2 Å². The molecule has 0 fully saturated rings. The Morgan fingerprint density at radius 2 is 2.03 bits per heavy atom. The van der Waals surface area contributed by atoms with Crippen LogP contribution in [0.3, 0.4) is 0 Å². The smallest absolute Gasteiger partial charge is 0.239 e. The molecule has 0 atom stereocenters. The number of thiazole rings is 1. The molecule has 1 N–H and O–H groups in total. The van der Waals surface area contributed by atoms with Crippen molar-refractivity contribution in [3.8, 4) is 0 Å². The molecule has 29 heavy (non-hydrogen) atoms.